The average Bonchev–Trinajstić information content (AvgIpc) is 3.39. The van der Waals surface area contributed by atoms with Crippen LogP contribution in [0, 0.1) is 5.92 Å². The number of alkyl carbamates (subject to hydrolysis) is 1. The van der Waals surface area contributed by atoms with E-state index in [2.05, 4.69) is 27.8 Å². The van der Waals surface area contributed by atoms with Gasteiger partial charge in [-0.1, -0.05) is 48.5 Å². The van der Waals surface area contributed by atoms with Crippen molar-refractivity contribution in [3.8, 4) is 11.1 Å². The van der Waals surface area contributed by atoms with Crippen molar-refractivity contribution in [3.63, 3.8) is 0 Å². The molecule has 1 saturated heterocycles. The smallest absolute Gasteiger partial charge is 0.407 e. The summed E-state index contributed by atoms with van der Waals surface area (Å²) >= 11 is 0. The third-order valence-corrected chi connectivity index (χ3v) is 5.69. The molecule has 0 bridgehead atoms. The van der Waals surface area contributed by atoms with Gasteiger partial charge in [-0.15, -0.1) is 0 Å². The van der Waals surface area contributed by atoms with E-state index in [1.54, 1.807) is 0 Å². The number of amides is 2. The van der Waals surface area contributed by atoms with E-state index in [1.165, 1.54) is 0 Å². The van der Waals surface area contributed by atoms with Gasteiger partial charge in [-0.2, -0.15) is 0 Å². The summed E-state index contributed by atoms with van der Waals surface area (Å²) in [4.78, 5) is 39.5. The number of hydroxylamine groups is 1. The lowest BCUT2D eigenvalue weighted by atomic mass is 9.98. The Labute approximate surface area is 184 Å². The summed E-state index contributed by atoms with van der Waals surface area (Å²) in [5, 5.41) is 11.3. The first-order valence-corrected chi connectivity index (χ1v) is 10.4. The SMILES string of the molecule is O=C(O)CONC(=O)[C@@H]1OCC[C@@H]1CNC(=O)OCC1c2ccccc2-c2ccccc21. The Morgan fingerprint density at radius 2 is 1.69 bits per heavy atom. The summed E-state index contributed by atoms with van der Waals surface area (Å²) in [7, 11) is 0. The van der Waals surface area contributed by atoms with Crippen LogP contribution in [0.5, 0.6) is 0 Å². The molecule has 3 N–H and O–H groups in total. The molecule has 1 aliphatic heterocycles. The van der Waals surface area contributed by atoms with Gasteiger partial charge in [-0.05, 0) is 28.7 Å². The quantitative estimate of drug-likeness (QED) is 0.537. The second-order valence-corrected chi connectivity index (χ2v) is 7.70. The molecular formula is C23H24N2O7. The summed E-state index contributed by atoms with van der Waals surface area (Å²) in [5.74, 6) is -2.09. The summed E-state index contributed by atoms with van der Waals surface area (Å²) in [6.45, 7) is 0.0941. The van der Waals surface area contributed by atoms with E-state index < -0.39 is 30.7 Å². The van der Waals surface area contributed by atoms with Gasteiger partial charge < -0.3 is 19.9 Å². The third-order valence-electron chi connectivity index (χ3n) is 5.69. The highest BCUT2D eigenvalue weighted by atomic mass is 16.7. The first kappa shape index (κ1) is 21.8. The summed E-state index contributed by atoms with van der Waals surface area (Å²) in [6, 6.07) is 16.2. The number of carboxylic acids is 1. The van der Waals surface area contributed by atoms with E-state index in [9.17, 15) is 14.4 Å². The van der Waals surface area contributed by atoms with Crippen LogP contribution in [-0.4, -0.2) is 55.5 Å². The molecule has 1 fully saturated rings. The summed E-state index contributed by atoms with van der Waals surface area (Å²) in [5.41, 5.74) is 6.63. The highest BCUT2D eigenvalue weighted by Gasteiger charge is 2.35. The van der Waals surface area contributed by atoms with Gasteiger partial charge in [0.15, 0.2) is 6.61 Å². The van der Waals surface area contributed by atoms with E-state index in [1.807, 2.05) is 36.4 Å². The van der Waals surface area contributed by atoms with Gasteiger partial charge in [0.05, 0.1) is 0 Å². The molecule has 2 aromatic carbocycles. The lowest BCUT2D eigenvalue weighted by Gasteiger charge is -2.19. The predicted molar refractivity (Wildman–Crippen MR) is 113 cm³/mol. The minimum Gasteiger partial charge on any atom is -0.479 e. The van der Waals surface area contributed by atoms with E-state index in [-0.39, 0.29) is 25.0 Å². The molecule has 2 aromatic rings. The summed E-state index contributed by atoms with van der Waals surface area (Å²) in [6.07, 6.45) is -0.835. The molecule has 9 nitrogen and oxygen atoms in total. The Kier molecular flexibility index (Phi) is 6.67. The Bertz CT molecular complexity index is 964. The first-order chi connectivity index (χ1) is 15.5. The second kappa shape index (κ2) is 9.80. The van der Waals surface area contributed by atoms with Crippen molar-refractivity contribution in [2.24, 2.45) is 5.92 Å². The van der Waals surface area contributed by atoms with Crippen molar-refractivity contribution < 1.29 is 33.8 Å². The minimum atomic E-state index is -1.20. The average molecular weight is 440 g/mol. The molecule has 0 saturated carbocycles. The normalized spacial score (nSPS) is 19.1. The maximum atomic E-state index is 12.3. The van der Waals surface area contributed by atoms with Crippen molar-refractivity contribution >= 4 is 18.0 Å². The highest BCUT2D eigenvalue weighted by Crippen LogP contribution is 2.44. The van der Waals surface area contributed by atoms with Gasteiger partial charge >= 0.3 is 12.1 Å². The monoisotopic (exact) mass is 440 g/mol. The molecule has 0 unspecified atom stereocenters. The van der Waals surface area contributed by atoms with Crippen LogP contribution >= 0.6 is 0 Å². The van der Waals surface area contributed by atoms with Crippen molar-refractivity contribution in [1.82, 2.24) is 10.8 Å². The molecule has 2 aliphatic rings. The number of benzene rings is 2. The lowest BCUT2D eigenvalue weighted by molar-refractivity contribution is -0.153. The van der Waals surface area contributed by atoms with Crippen LogP contribution < -0.4 is 10.8 Å². The summed E-state index contributed by atoms with van der Waals surface area (Å²) < 4.78 is 10.9. The standard InChI is InChI=1S/C23H24N2O7/c26-20(27)13-32-25-22(28)21-14(9-10-30-21)11-24-23(29)31-12-19-17-7-3-1-5-15(17)16-6-2-4-8-18(16)19/h1-8,14,19,21H,9-13H2,(H,24,29)(H,25,28)(H,26,27)/t14-,21-/m1/s1. The number of hydrogen-bond donors (Lipinski definition) is 3. The molecule has 2 atom stereocenters. The fourth-order valence-electron chi connectivity index (χ4n) is 4.22. The molecule has 0 spiro atoms. The van der Waals surface area contributed by atoms with Crippen molar-refractivity contribution in [1.29, 1.82) is 0 Å². The zero-order valence-electron chi connectivity index (χ0n) is 17.3. The zero-order valence-corrected chi connectivity index (χ0v) is 17.3. The van der Waals surface area contributed by atoms with Crippen LogP contribution in [0.15, 0.2) is 48.5 Å². The van der Waals surface area contributed by atoms with Crippen LogP contribution in [0.1, 0.15) is 23.5 Å². The first-order valence-electron chi connectivity index (χ1n) is 10.4. The zero-order chi connectivity index (χ0) is 22.5. The predicted octanol–water partition coefficient (Wildman–Crippen LogP) is 2.06. The molecule has 0 radical (unpaired) electrons. The van der Waals surface area contributed by atoms with Crippen molar-refractivity contribution in [3.05, 3.63) is 59.7 Å². The number of ether oxygens (including phenoxy) is 2. The van der Waals surface area contributed by atoms with Crippen LogP contribution in [-0.2, 0) is 23.9 Å². The van der Waals surface area contributed by atoms with Crippen LogP contribution in [0.3, 0.4) is 0 Å². The van der Waals surface area contributed by atoms with Gasteiger partial charge in [-0.3, -0.25) is 9.63 Å². The Balaban J connectivity index is 1.28. The Morgan fingerprint density at radius 3 is 2.34 bits per heavy atom. The minimum absolute atomic E-state index is 0.0344. The fraction of sp³-hybridized carbons (Fsp3) is 0.348. The fourth-order valence-corrected chi connectivity index (χ4v) is 4.22. The molecule has 0 aromatic heterocycles. The molecule has 4 rings (SSSR count). The van der Waals surface area contributed by atoms with E-state index >= 15 is 0 Å². The van der Waals surface area contributed by atoms with E-state index in [4.69, 9.17) is 14.6 Å². The molecule has 168 valence electrons. The van der Waals surface area contributed by atoms with Gasteiger partial charge in [0.25, 0.3) is 5.91 Å². The van der Waals surface area contributed by atoms with Crippen LogP contribution in [0.25, 0.3) is 11.1 Å². The largest absolute Gasteiger partial charge is 0.479 e. The number of carboxylic acid groups (broad SMARTS) is 1. The maximum Gasteiger partial charge on any atom is 0.407 e. The van der Waals surface area contributed by atoms with E-state index in [0.29, 0.717) is 13.0 Å². The Hall–Kier alpha value is -3.43. The van der Waals surface area contributed by atoms with Crippen molar-refractivity contribution in [2.45, 2.75) is 18.4 Å². The molecular weight excluding hydrogens is 416 g/mol. The van der Waals surface area contributed by atoms with Crippen LogP contribution in [0.2, 0.25) is 0 Å². The number of nitrogens with one attached hydrogen (secondary N) is 2. The van der Waals surface area contributed by atoms with Gasteiger partial charge in [0, 0.05) is 25.0 Å². The number of aliphatic carboxylic acids is 1. The third kappa shape index (κ3) is 4.74. The number of hydrogen-bond acceptors (Lipinski definition) is 6. The number of rotatable bonds is 8. The highest BCUT2D eigenvalue weighted by molar-refractivity contribution is 5.81. The van der Waals surface area contributed by atoms with Gasteiger partial charge in [-0.25, -0.2) is 15.1 Å². The molecule has 1 aliphatic carbocycles. The number of carbonyl (C=O) groups excluding carboxylic acids is 2. The molecule has 2 amide bonds. The number of carbonyl (C=O) groups is 3. The molecule has 32 heavy (non-hydrogen) atoms. The number of fused-ring (bicyclic) bond motifs is 3. The topological polar surface area (TPSA) is 123 Å². The van der Waals surface area contributed by atoms with Gasteiger partial charge in [0.1, 0.15) is 12.7 Å². The Morgan fingerprint density at radius 1 is 1.03 bits per heavy atom. The van der Waals surface area contributed by atoms with Crippen molar-refractivity contribution in [2.75, 3.05) is 26.4 Å². The van der Waals surface area contributed by atoms with Crippen LogP contribution in [0.4, 0.5) is 4.79 Å². The van der Waals surface area contributed by atoms with Gasteiger partial charge in [0.2, 0.25) is 0 Å². The maximum absolute atomic E-state index is 12.3. The lowest BCUT2D eigenvalue weighted by Crippen LogP contribution is -2.42. The molecule has 1 heterocycles. The van der Waals surface area contributed by atoms with E-state index in [0.717, 1.165) is 22.3 Å². The second-order valence-electron chi connectivity index (χ2n) is 7.70. The molecule has 9 heteroatoms.